The molecule has 2 heterocycles. The van der Waals surface area contributed by atoms with Gasteiger partial charge >= 0.3 is 5.97 Å². The van der Waals surface area contributed by atoms with Gasteiger partial charge in [-0.3, -0.25) is 4.40 Å². The predicted octanol–water partition coefficient (Wildman–Crippen LogP) is 1.12. The number of hydrogen-bond donors (Lipinski definition) is 1. The molecule has 0 fully saturated rings. The predicted molar refractivity (Wildman–Crippen MR) is 67.3 cm³/mol. The Morgan fingerprint density at radius 1 is 1.56 bits per heavy atom. The number of fused-ring (bicyclic) bond motifs is 1. The third kappa shape index (κ3) is 2.14. The molecule has 0 spiro atoms. The molecule has 1 N–H and O–H groups in total. The Hall–Kier alpha value is -2.08. The van der Waals surface area contributed by atoms with Gasteiger partial charge in [0.15, 0.2) is 11.5 Å². The number of aromatic nitrogens is 2. The number of ether oxygens (including phenoxy) is 1. The maximum Gasteiger partial charge on any atom is 0.356 e. The number of hydrogen-bond acceptors (Lipinski definition) is 4. The summed E-state index contributed by atoms with van der Waals surface area (Å²) in [6, 6.07) is 5.38. The van der Waals surface area contributed by atoms with Crippen molar-refractivity contribution in [3.63, 3.8) is 0 Å². The zero-order valence-electron chi connectivity index (χ0n) is 10.3. The molecule has 0 saturated carbocycles. The van der Waals surface area contributed by atoms with Crippen molar-refractivity contribution in [1.29, 1.82) is 0 Å². The van der Waals surface area contributed by atoms with Crippen LogP contribution in [-0.2, 0) is 4.74 Å². The second kappa shape index (κ2) is 5.05. The van der Waals surface area contributed by atoms with Gasteiger partial charge in [0.1, 0.15) is 5.65 Å². The van der Waals surface area contributed by atoms with Gasteiger partial charge in [-0.2, -0.15) is 0 Å². The van der Waals surface area contributed by atoms with Crippen LogP contribution in [0.5, 0.6) is 0 Å². The number of rotatable bonds is 5. The van der Waals surface area contributed by atoms with Gasteiger partial charge in [0, 0.05) is 26.9 Å². The highest BCUT2D eigenvalue weighted by Gasteiger charge is 2.20. The lowest BCUT2D eigenvalue weighted by Crippen LogP contribution is -2.24. The van der Waals surface area contributed by atoms with Crippen LogP contribution in [0.1, 0.15) is 10.5 Å². The van der Waals surface area contributed by atoms with Crippen molar-refractivity contribution in [2.24, 2.45) is 0 Å². The number of nitrogens with zero attached hydrogens (tertiary/aromatic N) is 3. The Balaban J connectivity index is 2.48. The van der Waals surface area contributed by atoms with E-state index in [2.05, 4.69) is 4.98 Å². The minimum Gasteiger partial charge on any atom is -0.476 e. The number of carboxylic acids is 1. The van der Waals surface area contributed by atoms with Crippen LogP contribution in [0, 0.1) is 0 Å². The van der Waals surface area contributed by atoms with Crippen LogP contribution < -0.4 is 4.90 Å². The summed E-state index contributed by atoms with van der Waals surface area (Å²) < 4.78 is 6.56. The highest BCUT2D eigenvalue weighted by molar-refractivity contribution is 5.93. The molecule has 18 heavy (non-hydrogen) atoms. The number of aromatic carboxylic acids is 1. The van der Waals surface area contributed by atoms with Gasteiger partial charge in [0.25, 0.3) is 0 Å². The molecule has 2 aromatic rings. The Labute approximate surface area is 104 Å². The summed E-state index contributed by atoms with van der Waals surface area (Å²) >= 11 is 0. The number of methoxy groups -OCH3 is 1. The van der Waals surface area contributed by atoms with E-state index in [1.54, 1.807) is 41.8 Å². The molecule has 0 aliphatic carbocycles. The van der Waals surface area contributed by atoms with E-state index in [9.17, 15) is 9.90 Å². The first-order chi connectivity index (χ1) is 8.65. The van der Waals surface area contributed by atoms with E-state index in [-0.39, 0.29) is 5.69 Å². The van der Waals surface area contributed by atoms with E-state index in [1.807, 2.05) is 6.07 Å². The SMILES string of the molecule is COCCN(C)c1nc2ccccn2c1C(=O)O. The summed E-state index contributed by atoms with van der Waals surface area (Å²) in [4.78, 5) is 17.5. The first-order valence-corrected chi connectivity index (χ1v) is 5.55. The maximum atomic E-state index is 11.4. The summed E-state index contributed by atoms with van der Waals surface area (Å²) in [7, 11) is 3.41. The van der Waals surface area contributed by atoms with E-state index in [0.717, 1.165) is 0 Å². The molecular weight excluding hydrogens is 234 g/mol. The molecule has 0 amide bonds. The molecule has 0 radical (unpaired) electrons. The maximum absolute atomic E-state index is 11.4. The quantitative estimate of drug-likeness (QED) is 0.860. The molecule has 0 saturated heterocycles. The average Bonchev–Trinajstić information content (AvgIpc) is 2.75. The molecule has 6 nitrogen and oxygen atoms in total. The van der Waals surface area contributed by atoms with Crippen LogP contribution in [0.2, 0.25) is 0 Å². The third-order valence-corrected chi connectivity index (χ3v) is 2.71. The highest BCUT2D eigenvalue weighted by atomic mass is 16.5. The van der Waals surface area contributed by atoms with E-state index in [1.165, 1.54) is 0 Å². The third-order valence-electron chi connectivity index (χ3n) is 2.71. The number of carbonyl (C=O) groups is 1. The molecule has 6 heteroatoms. The Morgan fingerprint density at radius 2 is 2.33 bits per heavy atom. The fraction of sp³-hybridized carbons (Fsp3) is 0.333. The molecule has 0 unspecified atom stereocenters. The van der Waals surface area contributed by atoms with Gasteiger partial charge in [-0.1, -0.05) is 6.07 Å². The van der Waals surface area contributed by atoms with E-state index in [4.69, 9.17) is 4.74 Å². The molecule has 0 bridgehead atoms. The van der Waals surface area contributed by atoms with Crippen LogP contribution in [0.3, 0.4) is 0 Å². The average molecular weight is 249 g/mol. The van der Waals surface area contributed by atoms with Crippen molar-refractivity contribution in [2.75, 3.05) is 32.2 Å². The Kier molecular flexibility index (Phi) is 3.47. The second-order valence-electron chi connectivity index (χ2n) is 3.93. The molecule has 0 aromatic carbocycles. The van der Waals surface area contributed by atoms with Crippen molar-refractivity contribution >= 4 is 17.4 Å². The van der Waals surface area contributed by atoms with Crippen LogP contribution in [0.25, 0.3) is 5.65 Å². The summed E-state index contributed by atoms with van der Waals surface area (Å²) in [5.74, 6) is -0.543. The van der Waals surface area contributed by atoms with Crippen molar-refractivity contribution in [3.05, 3.63) is 30.1 Å². The van der Waals surface area contributed by atoms with Gasteiger partial charge in [-0.15, -0.1) is 0 Å². The Bertz CT molecular complexity index is 565. The summed E-state index contributed by atoms with van der Waals surface area (Å²) in [6.45, 7) is 1.10. The van der Waals surface area contributed by atoms with E-state index >= 15 is 0 Å². The van der Waals surface area contributed by atoms with Gasteiger partial charge < -0.3 is 14.7 Å². The van der Waals surface area contributed by atoms with Crippen molar-refractivity contribution in [1.82, 2.24) is 9.38 Å². The molecule has 2 aromatic heterocycles. The minimum atomic E-state index is -0.993. The largest absolute Gasteiger partial charge is 0.476 e. The molecule has 0 aliphatic heterocycles. The standard InChI is InChI=1S/C12H15N3O3/c1-14(7-8-18-2)11-10(12(16)17)15-6-4-3-5-9(15)13-11/h3-6H,7-8H2,1-2H3,(H,16,17). The number of pyridine rings is 1. The number of imidazole rings is 1. The fourth-order valence-corrected chi connectivity index (χ4v) is 1.78. The fourth-order valence-electron chi connectivity index (χ4n) is 1.78. The zero-order chi connectivity index (χ0) is 13.1. The molecular formula is C12H15N3O3. The van der Waals surface area contributed by atoms with Gasteiger partial charge in [0.2, 0.25) is 0 Å². The van der Waals surface area contributed by atoms with Gasteiger partial charge in [-0.25, -0.2) is 9.78 Å². The van der Waals surface area contributed by atoms with Crippen molar-refractivity contribution in [2.45, 2.75) is 0 Å². The van der Waals surface area contributed by atoms with Crippen LogP contribution in [-0.4, -0.2) is 47.8 Å². The van der Waals surface area contributed by atoms with Crippen LogP contribution >= 0.6 is 0 Å². The Morgan fingerprint density at radius 3 is 3.00 bits per heavy atom. The first kappa shape index (κ1) is 12.4. The van der Waals surface area contributed by atoms with Gasteiger partial charge in [-0.05, 0) is 12.1 Å². The minimum absolute atomic E-state index is 0.171. The van der Waals surface area contributed by atoms with Crippen molar-refractivity contribution in [3.8, 4) is 0 Å². The lowest BCUT2D eigenvalue weighted by molar-refractivity contribution is 0.0690. The lowest BCUT2D eigenvalue weighted by atomic mass is 10.4. The zero-order valence-corrected chi connectivity index (χ0v) is 10.3. The van der Waals surface area contributed by atoms with E-state index in [0.29, 0.717) is 24.6 Å². The second-order valence-corrected chi connectivity index (χ2v) is 3.93. The summed E-state index contributed by atoms with van der Waals surface area (Å²) in [5, 5.41) is 9.31. The van der Waals surface area contributed by atoms with Crippen LogP contribution in [0.15, 0.2) is 24.4 Å². The molecule has 2 rings (SSSR count). The smallest absolute Gasteiger partial charge is 0.356 e. The molecule has 0 aliphatic rings. The van der Waals surface area contributed by atoms with Gasteiger partial charge in [0.05, 0.1) is 6.61 Å². The number of carboxylic acid groups (broad SMARTS) is 1. The summed E-state index contributed by atoms with van der Waals surface area (Å²) in [6.07, 6.45) is 1.69. The normalized spacial score (nSPS) is 10.8. The van der Waals surface area contributed by atoms with Crippen LogP contribution in [0.4, 0.5) is 5.82 Å². The molecule has 96 valence electrons. The van der Waals surface area contributed by atoms with Crippen molar-refractivity contribution < 1.29 is 14.6 Å². The number of anilines is 1. The monoisotopic (exact) mass is 249 g/mol. The van der Waals surface area contributed by atoms with E-state index < -0.39 is 5.97 Å². The molecule has 0 atom stereocenters. The lowest BCUT2D eigenvalue weighted by Gasteiger charge is -2.16. The first-order valence-electron chi connectivity index (χ1n) is 5.55. The topological polar surface area (TPSA) is 67.1 Å². The summed E-state index contributed by atoms with van der Waals surface area (Å²) in [5.41, 5.74) is 0.790. The highest BCUT2D eigenvalue weighted by Crippen LogP contribution is 2.20. The number of likely N-dealkylation sites (N-methyl/N-ethyl adjacent to an activating group) is 1.